The molecule has 2 aromatic heterocycles. The highest BCUT2D eigenvalue weighted by molar-refractivity contribution is 7.98. The van der Waals surface area contributed by atoms with Crippen LogP contribution in [-0.4, -0.2) is 63.0 Å². The lowest BCUT2D eigenvalue weighted by atomic mass is 10.2. The summed E-state index contributed by atoms with van der Waals surface area (Å²) in [6.07, 6.45) is 5.37. The van der Waals surface area contributed by atoms with Crippen LogP contribution in [0.25, 0.3) is 0 Å². The second kappa shape index (κ2) is 8.00. The molecule has 4 heterocycles. The Bertz CT molecular complexity index is 883. The minimum atomic E-state index is 0.0373. The summed E-state index contributed by atoms with van der Waals surface area (Å²) < 4.78 is 7.55. The van der Waals surface area contributed by atoms with Gasteiger partial charge < -0.3 is 4.42 Å². The zero-order valence-corrected chi connectivity index (χ0v) is 17.0. The van der Waals surface area contributed by atoms with Crippen molar-refractivity contribution in [2.75, 3.05) is 38.5 Å². The van der Waals surface area contributed by atoms with Crippen LogP contribution in [0.15, 0.2) is 21.5 Å². The summed E-state index contributed by atoms with van der Waals surface area (Å²) in [6.45, 7) is 6.36. The molecule has 0 aromatic carbocycles. The number of oxazole rings is 1. The molecule has 8 heteroatoms. The molecule has 0 amide bonds. The van der Waals surface area contributed by atoms with Crippen LogP contribution in [0.4, 0.5) is 0 Å². The molecule has 2 fully saturated rings. The van der Waals surface area contributed by atoms with Gasteiger partial charge in [0.25, 0.3) is 5.56 Å². The molecule has 28 heavy (non-hydrogen) atoms. The Balaban J connectivity index is 1.11. The van der Waals surface area contributed by atoms with Crippen molar-refractivity contribution in [3.63, 3.8) is 0 Å². The molecule has 5 rings (SSSR count). The summed E-state index contributed by atoms with van der Waals surface area (Å²) in [5.74, 6) is 4.56. The van der Waals surface area contributed by atoms with Crippen molar-refractivity contribution < 1.29 is 4.42 Å². The lowest BCUT2D eigenvalue weighted by Crippen LogP contribution is -2.47. The van der Waals surface area contributed by atoms with E-state index >= 15 is 0 Å². The van der Waals surface area contributed by atoms with E-state index in [1.807, 2.05) is 18.0 Å². The molecule has 1 saturated heterocycles. The van der Waals surface area contributed by atoms with E-state index in [9.17, 15) is 4.79 Å². The Morgan fingerprint density at radius 3 is 2.79 bits per heavy atom. The third-order valence-electron chi connectivity index (χ3n) is 5.91. The van der Waals surface area contributed by atoms with Crippen LogP contribution in [0.2, 0.25) is 0 Å². The maximum atomic E-state index is 12.3. The van der Waals surface area contributed by atoms with Crippen molar-refractivity contribution in [1.29, 1.82) is 0 Å². The van der Waals surface area contributed by atoms with E-state index in [-0.39, 0.29) is 5.56 Å². The topological polar surface area (TPSA) is 67.4 Å². The predicted octanol–water partition coefficient (Wildman–Crippen LogP) is 1.72. The van der Waals surface area contributed by atoms with E-state index in [1.165, 1.54) is 12.8 Å². The monoisotopic (exact) mass is 401 g/mol. The van der Waals surface area contributed by atoms with Gasteiger partial charge in [-0.15, -0.1) is 0 Å². The van der Waals surface area contributed by atoms with Gasteiger partial charge in [-0.3, -0.25) is 14.6 Å². The van der Waals surface area contributed by atoms with Crippen molar-refractivity contribution >= 4 is 11.8 Å². The van der Waals surface area contributed by atoms with Gasteiger partial charge in [0.1, 0.15) is 5.76 Å². The van der Waals surface area contributed by atoms with Gasteiger partial charge in [0, 0.05) is 56.9 Å². The molecule has 0 unspecified atom stereocenters. The Hall–Kier alpha value is -1.64. The summed E-state index contributed by atoms with van der Waals surface area (Å²) in [5, 5.41) is 4.62. The molecular formula is C20H27N5O2S. The van der Waals surface area contributed by atoms with E-state index in [0.29, 0.717) is 12.5 Å². The number of aromatic nitrogens is 3. The molecule has 0 N–H and O–H groups in total. The number of thioether (sulfide) groups is 1. The fourth-order valence-electron chi connectivity index (χ4n) is 3.97. The number of aryl methyl sites for hydroxylation is 1. The van der Waals surface area contributed by atoms with Crippen LogP contribution < -0.4 is 5.56 Å². The summed E-state index contributed by atoms with van der Waals surface area (Å²) in [4.78, 5) is 21.6. The van der Waals surface area contributed by atoms with Gasteiger partial charge in [-0.05, 0) is 24.2 Å². The summed E-state index contributed by atoms with van der Waals surface area (Å²) in [7, 11) is 0. The molecule has 1 saturated carbocycles. The first-order chi connectivity index (χ1) is 13.7. The minimum absolute atomic E-state index is 0.0373. The van der Waals surface area contributed by atoms with Gasteiger partial charge in [-0.2, -0.15) is 16.9 Å². The SMILES string of the molecule is O=c1cc2c(nn1CCN1CCN(Cc3ncc(C4CC4)o3)CC1)CCSC2. The largest absolute Gasteiger partial charge is 0.444 e. The molecule has 150 valence electrons. The summed E-state index contributed by atoms with van der Waals surface area (Å²) >= 11 is 1.88. The van der Waals surface area contributed by atoms with Crippen LogP contribution in [-0.2, 0) is 25.3 Å². The lowest BCUT2D eigenvalue weighted by Gasteiger charge is -2.34. The molecule has 2 aromatic rings. The number of fused-ring (bicyclic) bond motifs is 1. The molecule has 0 atom stereocenters. The van der Waals surface area contributed by atoms with Crippen LogP contribution in [0.3, 0.4) is 0 Å². The number of nitrogens with zero attached hydrogens (tertiary/aromatic N) is 5. The van der Waals surface area contributed by atoms with Crippen molar-refractivity contribution in [3.8, 4) is 0 Å². The second-order valence-corrected chi connectivity index (χ2v) is 9.13. The highest BCUT2D eigenvalue weighted by Crippen LogP contribution is 2.40. The van der Waals surface area contributed by atoms with Crippen LogP contribution >= 0.6 is 11.8 Å². The Kier molecular flexibility index (Phi) is 5.26. The van der Waals surface area contributed by atoms with Crippen molar-refractivity contribution in [1.82, 2.24) is 24.6 Å². The zero-order valence-electron chi connectivity index (χ0n) is 16.2. The maximum absolute atomic E-state index is 12.3. The molecule has 3 aliphatic rings. The minimum Gasteiger partial charge on any atom is -0.444 e. The highest BCUT2D eigenvalue weighted by Gasteiger charge is 2.28. The first-order valence-electron chi connectivity index (χ1n) is 10.3. The maximum Gasteiger partial charge on any atom is 0.267 e. The number of hydrogen-bond donors (Lipinski definition) is 0. The molecule has 7 nitrogen and oxygen atoms in total. The van der Waals surface area contributed by atoms with Crippen LogP contribution in [0.1, 0.15) is 41.7 Å². The Labute approximate surface area is 169 Å². The standard InChI is InChI=1S/C20H27N5O2S/c26-20-11-16-14-28-10-3-17(16)22-25(20)9-8-23-4-6-24(7-5-23)13-19-21-12-18(27-19)15-1-2-15/h11-12,15H,1-10,13-14H2. The smallest absolute Gasteiger partial charge is 0.267 e. The zero-order chi connectivity index (χ0) is 18.9. The van der Waals surface area contributed by atoms with E-state index in [4.69, 9.17) is 4.42 Å². The molecule has 0 bridgehead atoms. The quantitative estimate of drug-likeness (QED) is 0.730. The molecule has 1 aliphatic carbocycles. The van der Waals surface area contributed by atoms with Crippen LogP contribution in [0.5, 0.6) is 0 Å². The summed E-state index contributed by atoms with van der Waals surface area (Å²) in [6, 6.07) is 1.79. The molecule has 2 aliphatic heterocycles. The average molecular weight is 402 g/mol. The van der Waals surface area contributed by atoms with Crippen molar-refractivity contribution in [2.45, 2.75) is 44.0 Å². The van der Waals surface area contributed by atoms with Crippen molar-refractivity contribution in [3.05, 3.63) is 45.5 Å². The Morgan fingerprint density at radius 2 is 1.96 bits per heavy atom. The number of hydrogen-bond acceptors (Lipinski definition) is 7. The fourth-order valence-corrected chi connectivity index (χ4v) is 4.92. The van der Waals surface area contributed by atoms with Crippen molar-refractivity contribution in [2.24, 2.45) is 0 Å². The van der Waals surface area contributed by atoms with Gasteiger partial charge in [-0.25, -0.2) is 9.67 Å². The number of piperazine rings is 1. The van der Waals surface area contributed by atoms with Gasteiger partial charge in [0.15, 0.2) is 0 Å². The second-order valence-electron chi connectivity index (χ2n) is 8.03. The predicted molar refractivity (Wildman–Crippen MR) is 109 cm³/mol. The molecule has 0 spiro atoms. The van der Waals surface area contributed by atoms with E-state index in [2.05, 4.69) is 19.9 Å². The normalized spacial score (nSPS) is 21.0. The Morgan fingerprint density at radius 1 is 1.14 bits per heavy atom. The fraction of sp³-hybridized carbons (Fsp3) is 0.650. The van der Waals surface area contributed by atoms with Gasteiger partial charge in [0.2, 0.25) is 5.89 Å². The summed E-state index contributed by atoms with van der Waals surface area (Å²) in [5.41, 5.74) is 2.28. The van der Waals surface area contributed by atoms with E-state index < -0.39 is 0 Å². The lowest BCUT2D eigenvalue weighted by molar-refractivity contribution is 0.115. The molecule has 0 radical (unpaired) electrons. The third-order valence-corrected chi connectivity index (χ3v) is 6.92. The molecular weight excluding hydrogens is 374 g/mol. The first-order valence-corrected chi connectivity index (χ1v) is 11.5. The van der Waals surface area contributed by atoms with Crippen LogP contribution in [0, 0.1) is 0 Å². The highest BCUT2D eigenvalue weighted by atomic mass is 32.2. The van der Waals surface area contributed by atoms with Gasteiger partial charge in [0.05, 0.1) is 25.0 Å². The third kappa shape index (κ3) is 4.18. The van der Waals surface area contributed by atoms with Gasteiger partial charge in [-0.1, -0.05) is 0 Å². The number of rotatable bonds is 6. The van der Waals surface area contributed by atoms with E-state index in [0.717, 1.165) is 80.1 Å². The average Bonchev–Trinajstić information content (AvgIpc) is 3.47. The van der Waals surface area contributed by atoms with E-state index in [1.54, 1.807) is 10.7 Å². The van der Waals surface area contributed by atoms with Gasteiger partial charge >= 0.3 is 0 Å². The first kappa shape index (κ1) is 18.4.